The van der Waals surface area contributed by atoms with Gasteiger partial charge in [0, 0.05) is 30.1 Å². The molecule has 2 nitrogen and oxygen atoms in total. The van der Waals surface area contributed by atoms with Crippen LogP contribution in [0.25, 0.3) is 0 Å². The van der Waals surface area contributed by atoms with E-state index in [1.165, 1.54) is 12.1 Å². The maximum Gasteiger partial charge on any atom is 0.164 e. The van der Waals surface area contributed by atoms with Crippen LogP contribution in [0.5, 0.6) is 0 Å². The van der Waals surface area contributed by atoms with E-state index in [2.05, 4.69) is 4.90 Å². The molecule has 2 rings (SSSR count). The molecular weight excluding hydrogens is 289 g/mol. The molecule has 0 radical (unpaired) electrons. The van der Waals surface area contributed by atoms with Gasteiger partial charge in [-0.25, -0.2) is 4.39 Å². The summed E-state index contributed by atoms with van der Waals surface area (Å²) >= 11 is 5.84. The van der Waals surface area contributed by atoms with Crippen LogP contribution in [0.4, 0.5) is 4.39 Å². The standard InChI is InChI=1S/C17H17ClFNO/c1-20(12-13-5-7-15(18)8-6-13)10-9-17(21)14-3-2-4-16(19)11-14/h2-8,11H,9-10,12H2,1H3. The summed E-state index contributed by atoms with van der Waals surface area (Å²) in [6.45, 7) is 1.37. The van der Waals surface area contributed by atoms with Crippen LogP contribution in [-0.2, 0) is 6.54 Å². The maximum absolute atomic E-state index is 13.1. The molecule has 110 valence electrons. The van der Waals surface area contributed by atoms with E-state index >= 15 is 0 Å². The Kier molecular flexibility index (Phi) is 5.48. The van der Waals surface area contributed by atoms with Gasteiger partial charge in [-0.15, -0.1) is 0 Å². The summed E-state index contributed by atoms with van der Waals surface area (Å²) in [4.78, 5) is 14.0. The van der Waals surface area contributed by atoms with Crippen LogP contribution in [0.2, 0.25) is 5.02 Å². The van der Waals surface area contributed by atoms with Crippen LogP contribution in [0.1, 0.15) is 22.3 Å². The zero-order valence-electron chi connectivity index (χ0n) is 11.9. The Bertz CT molecular complexity index is 612. The first kappa shape index (κ1) is 15.7. The molecule has 0 spiro atoms. The van der Waals surface area contributed by atoms with Gasteiger partial charge in [0.15, 0.2) is 5.78 Å². The van der Waals surface area contributed by atoms with Gasteiger partial charge in [-0.2, -0.15) is 0 Å². The Balaban J connectivity index is 1.84. The van der Waals surface area contributed by atoms with Crippen molar-refractivity contribution in [2.75, 3.05) is 13.6 Å². The highest BCUT2D eigenvalue weighted by atomic mass is 35.5. The highest BCUT2D eigenvalue weighted by Crippen LogP contribution is 2.12. The van der Waals surface area contributed by atoms with Crippen LogP contribution in [0, 0.1) is 5.82 Å². The van der Waals surface area contributed by atoms with Crippen molar-refractivity contribution < 1.29 is 9.18 Å². The number of carbonyl (C=O) groups excluding carboxylic acids is 1. The van der Waals surface area contributed by atoms with Crippen LogP contribution >= 0.6 is 11.6 Å². The van der Waals surface area contributed by atoms with Crippen LogP contribution in [-0.4, -0.2) is 24.3 Å². The summed E-state index contributed by atoms with van der Waals surface area (Å²) in [6.07, 6.45) is 0.369. The fraction of sp³-hybridized carbons (Fsp3) is 0.235. The van der Waals surface area contributed by atoms with E-state index in [1.807, 2.05) is 31.3 Å². The minimum Gasteiger partial charge on any atom is -0.302 e. The molecule has 0 aliphatic rings. The molecule has 21 heavy (non-hydrogen) atoms. The summed E-state index contributed by atoms with van der Waals surface area (Å²) < 4.78 is 13.1. The topological polar surface area (TPSA) is 20.3 Å². The normalized spacial score (nSPS) is 10.9. The Labute approximate surface area is 129 Å². The monoisotopic (exact) mass is 305 g/mol. The summed E-state index contributed by atoms with van der Waals surface area (Å²) in [5, 5.41) is 0.711. The summed E-state index contributed by atoms with van der Waals surface area (Å²) in [7, 11) is 1.95. The molecule has 0 fully saturated rings. The number of hydrogen-bond donors (Lipinski definition) is 0. The number of nitrogens with zero attached hydrogens (tertiary/aromatic N) is 1. The van der Waals surface area contributed by atoms with Crippen LogP contribution in [0.15, 0.2) is 48.5 Å². The zero-order valence-corrected chi connectivity index (χ0v) is 12.6. The van der Waals surface area contributed by atoms with Crippen molar-refractivity contribution in [2.45, 2.75) is 13.0 Å². The Hall–Kier alpha value is -1.71. The van der Waals surface area contributed by atoms with E-state index in [4.69, 9.17) is 11.6 Å². The fourth-order valence-electron chi connectivity index (χ4n) is 2.08. The zero-order chi connectivity index (χ0) is 15.2. The summed E-state index contributed by atoms with van der Waals surface area (Å²) in [5.74, 6) is -0.423. The summed E-state index contributed by atoms with van der Waals surface area (Å²) in [5.41, 5.74) is 1.56. The predicted molar refractivity (Wildman–Crippen MR) is 83.1 cm³/mol. The Morgan fingerprint density at radius 1 is 1.19 bits per heavy atom. The molecule has 2 aromatic rings. The second-order valence-corrected chi connectivity index (χ2v) is 5.48. The third-order valence-electron chi connectivity index (χ3n) is 3.23. The maximum atomic E-state index is 13.1. The average molecular weight is 306 g/mol. The number of halogens is 2. The molecule has 0 aliphatic heterocycles. The number of ketones is 1. The van der Waals surface area contributed by atoms with Gasteiger partial charge in [0.25, 0.3) is 0 Å². The lowest BCUT2D eigenvalue weighted by Gasteiger charge is -2.16. The fourth-order valence-corrected chi connectivity index (χ4v) is 2.21. The SMILES string of the molecule is CN(CCC(=O)c1cccc(F)c1)Cc1ccc(Cl)cc1. The van der Waals surface area contributed by atoms with Gasteiger partial charge in [0.2, 0.25) is 0 Å². The molecule has 0 amide bonds. The van der Waals surface area contributed by atoms with Crippen molar-refractivity contribution in [2.24, 2.45) is 0 Å². The molecule has 0 saturated heterocycles. The quantitative estimate of drug-likeness (QED) is 0.746. The lowest BCUT2D eigenvalue weighted by Crippen LogP contribution is -2.21. The molecule has 0 atom stereocenters. The Morgan fingerprint density at radius 3 is 2.57 bits per heavy atom. The first-order chi connectivity index (χ1) is 10.0. The largest absolute Gasteiger partial charge is 0.302 e. The lowest BCUT2D eigenvalue weighted by atomic mass is 10.1. The van der Waals surface area contributed by atoms with Gasteiger partial charge in [-0.05, 0) is 36.9 Å². The van der Waals surface area contributed by atoms with Gasteiger partial charge in [-0.1, -0.05) is 35.9 Å². The second kappa shape index (κ2) is 7.34. The molecule has 4 heteroatoms. The first-order valence-electron chi connectivity index (χ1n) is 6.76. The van der Waals surface area contributed by atoms with Crippen molar-refractivity contribution in [1.29, 1.82) is 0 Å². The molecule has 0 unspecified atom stereocenters. The highest BCUT2D eigenvalue weighted by molar-refractivity contribution is 6.30. The second-order valence-electron chi connectivity index (χ2n) is 5.05. The van der Waals surface area contributed by atoms with Gasteiger partial charge >= 0.3 is 0 Å². The van der Waals surface area contributed by atoms with E-state index in [-0.39, 0.29) is 11.6 Å². The number of carbonyl (C=O) groups is 1. The van der Waals surface area contributed by atoms with Gasteiger partial charge < -0.3 is 4.90 Å². The van der Waals surface area contributed by atoms with Gasteiger partial charge in [0.1, 0.15) is 5.82 Å². The van der Waals surface area contributed by atoms with Gasteiger partial charge in [-0.3, -0.25) is 4.79 Å². The van der Waals surface area contributed by atoms with Crippen molar-refractivity contribution >= 4 is 17.4 Å². The van der Waals surface area contributed by atoms with E-state index < -0.39 is 0 Å². The van der Waals surface area contributed by atoms with Crippen LogP contribution in [0.3, 0.4) is 0 Å². The minimum absolute atomic E-state index is 0.0440. The molecule has 0 bridgehead atoms. The molecular formula is C17H17ClFNO. The summed E-state index contributed by atoms with van der Waals surface area (Å²) in [6, 6.07) is 13.4. The smallest absolute Gasteiger partial charge is 0.164 e. The van der Waals surface area contributed by atoms with Crippen molar-refractivity contribution in [1.82, 2.24) is 4.90 Å². The number of Topliss-reactive ketones (excluding diaryl/α,β-unsaturated/α-hetero) is 1. The molecule has 0 N–H and O–H groups in total. The van der Waals surface area contributed by atoms with Gasteiger partial charge in [0.05, 0.1) is 0 Å². The minimum atomic E-state index is -0.379. The number of benzene rings is 2. The van der Waals surface area contributed by atoms with Crippen molar-refractivity contribution in [3.63, 3.8) is 0 Å². The van der Waals surface area contributed by atoms with Crippen LogP contribution < -0.4 is 0 Å². The van der Waals surface area contributed by atoms with E-state index in [0.717, 1.165) is 12.1 Å². The Morgan fingerprint density at radius 2 is 1.90 bits per heavy atom. The van der Waals surface area contributed by atoms with Crippen molar-refractivity contribution in [3.8, 4) is 0 Å². The number of hydrogen-bond acceptors (Lipinski definition) is 2. The molecule has 0 aliphatic carbocycles. The van der Waals surface area contributed by atoms with E-state index in [9.17, 15) is 9.18 Å². The van der Waals surface area contributed by atoms with E-state index in [1.54, 1.807) is 12.1 Å². The lowest BCUT2D eigenvalue weighted by molar-refractivity contribution is 0.0967. The third kappa shape index (κ3) is 4.96. The average Bonchev–Trinajstić information content (AvgIpc) is 2.47. The molecule has 0 heterocycles. The molecule has 2 aromatic carbocycles. The van der Waals surface area contributed by atoms with E-state index in [0.29, 0.717) is 23.6 Å². The highest BCUT2D eigenvalue weighted by Gasteiger charge is 2.08. The van der Waals surface area contributed by atoms with Crippen molar-refractivity contribution in [3.05, 3.63) is 70.5 Å². The first-order valence-corrected chi connectivity index (χ1v) is 7.14. The molecule has 0 aromatic heterocycles. The number of rotatable bonds is 6. The third-order valence-corrected chi connectivity index (χ3v) is 3.48. The predicted octanol–water partition coefficient (Wildman–Crippen LogP) is 4.18. The molecule has 0 saturated carbocycles.